The molecule has 4 aromatic rings. The lowest BCUT2D eigenvalue weighted by molar-refractivity contribution is 0.410. The van der Waals surface area contributed by atoms with Gasteiger partial charge in [0.15, 0.2) is 5.76 Å². The summed E-state index contributed by atoms with van der Waals surface area (Å²) in [5.41, 5.74) is 2.78. The van der Waals surface area contributed by atoms with Crippen molar-refractivity contribution in [1.29, 1.82) is 0 Å². The van der Waals surface area contributed by atoms with Gasteiger partial charge in [0.25, 0.3) is 10.0 Å². The van der Waals surface area contributed by atoms with Crippen molar-refractivity contribution in [3.8, 4) is 11.3 Å². The Labute approximate surface area is 174 Å². The predicted octanol–water partition coefficient (Wildman–Crippen LogP) is 4.84. The summed E-state index contributed by atoms with van der Waals surface area (Å²) in [5, 5.41) is 5.48. The van der Waals surface area contributed by atoms with E-state index in [1.807, 2.05) is 60.7 Å². The molecule has 2 aromatic heterocycles. The Morgan fingerprint density at radius 1 is 0.931 bits per heavy atom. The Kier molecular flexibility index (Phi) is 5.89. The first kappa shape index (κ1) is 19.6. The van der Waals surface area contributed by atoms with Gasteiger partial charge in [-0.2, -0.15) is 4.31 Å². The molecule has 5 nitrogen and oxygen atoms in total. The maximum Gasteiger partial charge on any atom is 0.252 e. The average Bonchev–Trinajstić information content (AvgIpc) is 3.44. The number of hydrogen-bond acceptors (Lipinski definition) is 5. The number of rotatable bonds is 8. The quantitative estimate of drug-likeness (QED) is 0.406. The molecule has 2 heterocycles. The van der Waals surface area contributed by atoms with Gasteiger partial charge in [-0.1, -0.05) is 65.8 Å². The Balaban J connectivity index is 1.61. The Morgan fingerprint density at radius 3 is 2.28 bits per heavy atom. The zero-order valence-electron chi connectivity index (χ0n) is 15.6. The van der Waals surface area contributed by atoms with Crippen molar-refractivity contribution >= 4 is 21.4 Å². The van der Waals surface area contributed by atoms with Crippen LogP contribution in [0.1, 0.15) is 11.1 Å². The summed E-state index contributed by atoms with van der Waals surface area (Å²) in [5.74, 6) is 0.557. The highest BCUT2D eigenvalue weighted by molar-refractivity contribution is 7.91. The fourth-order valence-electron chi connectivity index (χ4n) is 3.04. The van der Waals surface area contributed by atoms with E-state index in [1.54, 1.807) is 28.0 Å². The van der Waals surface area contributed by atoms with Crippen LogP contribution < -0.4 is 0 Å². The van der Waals surface area contributed by atoms with Gasteiger partial charge in [0.1, 0.15) is 4.21 Å². The molecule has 0 aliphatic heterocycles. The molecule has 0 fully saturated rings. The van der Waals surface area contributed by atoms with Crippen LogP contribution in [0.25, 0.3) is 11.3 Å². The molecule has 2 aromatic carbocycles. The van der Waals surface area contributed by atoms with E-state index in [9.17, 15) is 8.42 Å². The highest BCUT2D eigenvalue weighted by Crippen LogP contribution is 2.31. The predicted molar refractivity (Wildman–Crippen MR) is 114 cm³/mol. The molecule has 0 N–H and O–H groups in total. The lowest BCUT2D eigenvalue weighted by Crippen LogP contribution is -2.32. The van der Waals surface area contributed by atoms with Crippen molar-refractivity contribution in [3.63, 3.8) is 0 Å². The van der Waals surface area contributed by atoms with E-state index in [-0.39, 0.29) is 0 Å². The fraction of sp³-hybridized carbons (Fsp3) is 0.136. The van der Waals surface area contributed by atoms with Crippen LogP contribution in [0.15, 0.2) is 93.1 Å². The molecule has 0 saturated carbocycles. The van der Waals surface area contributed by atoms with Crippen molar-refractivity contribution in [1.82, 2.24) is 9.46 Å². The topological polar surface area (TPSA) is 63.4 Å². The number of aromatic nitrogens is 1. The molecule has 0 spiro atoms. The molecule has 0 bridgehead atoms. The molecule has 0 aliphatic carbocycles. The Hall–Kier alpha value is -2.74. The van der Waals surface area contributed by atoms with E-state index in [2.05, 4.69) is 5.16 Å². The van der Waals surface area contributed by atoms with Gasteiger partial charge in [-0.15, -0.1) is 11.3 Å². The second-order valence-corrected chi connectivity index (χ2v) is 9.67. The van der Waals surface area contributed by atoms with E-state index in [0.717, 1.165) is 11.1 Å². The summed E-state index contributed by atoms with van der Waals surface area (Å²) in [6, 6.07) is 22.9. The normalized spacial score (nSPS) is 11.8. The van der Waals surface area contributed by atoms with Gasteiger partial charge in [0, 0.05) is 30.1 Å². The fourth-order valence-corrected chi connectivity index (χ4v) is 5.79. The summed E-state index contributed by atoms with van der Waals surface area (Å²) in [7, 11) is -3.65. The van der Waals surface area contributed by atoms with E-state index < -0.39 is 10.0 Å². The smallest absolute Gasteiger partial charge is 0.252 e. The minimum atomic E-state index is -3.65. The van der Waals surface area contributed by atoms with Crippen molar-refractivity contribution in [2.75, 3.05) is 6.54 Å². The molecule has 0 atom stereocenters. The monoisotopic (exact) mass is 424 g/mol. The summed E-state index contributed by atoms with van der Waals surface area (Å²) in [4.78, 5) is 0. The molecule has 0 aliphatic rings. The van der Waals surface area contributed by atoms with Gasteiger partial charge < -0.3 is 4.52 Å². The van der Waals surface area contributed by atoms with E-state index in [0.29, 0.717) is 35.0 Å². The second kappa shape index (κ2) is 8.73. The van der Waals surface area contributed by atoms with Gasteiger partial charge in [-0.05, 0) is 23.6 Å². The van der Waals surface area contributed by atoms with E-state index in [4.69, 9.17) is 4.52 Å². The molecular formula is C22H20N2O3S2. The maximum atomic E-state index is 13.4. The summed E-state index contributed by atoms with van der Waals surface area (Å²) >= 11 is 1.20. The standard InChI is InChI=1S/C22H20N2O3S2/c25-29(26,22-15-20(17-28-22)21-11-13-23-27-21)24(16-19-9-5-2-6-10-19)14-12-18-7-3-1-4-8-18/h1-11,13,15,17H,12,14,16H2. The Morgan fingerprint density at radius 2 is 1.62 bits per heavy atom. The molecule has 0 amide bonds. The lowest BCUT2D eigenvalue weighted by Gasteiger charge is -2.21. The molecule has 148 valence electrons. The SMILES string of the molecule is O=S(=O)(c1cc(-c2ccno2)cs1)N(CCc1ccccc1)Cc1ccccc1. The van der Waals surface area contributed by atoms with Crippen molar-refractivity contribution in [3.05, 3.63) is 95.5 Å². The first-order chi connectivity index (χ1) is 14.1. The van der Waals surface area contributed by atoms with Gasteiger partial charge in [-0.25, -0.2) is 8.42 Å². The molecular weight excluding hydrogens is 404 g/mol. The lowest BCUT2D eigenvalue weighted by atomic mass is 10.1. The third-order valence-electron chi connectivity index (χ3n) is 4.59. The van der Waals surface area contributed by atoms with Crippen LogP contribution in [0, 0.1) is 0 Å². The summed E-state index contributed by atoms with van der Waals surface area (Å²) in [6.07, 6.45) is 2.19. The molecule has 0 unspecified atom stereocenters. The average molecular weight is 425 g/mol. The third-order valence-corrected chi connectivity index (χ3v) is 7.85. The van der Waals surface area contributed by atoms with Crippen LogP contribution >= 0.6 is 11.3 Å². The molecule has 7 heteroatoms. The highest BCUT2D eigenvalue weighted by atomic mass is 32.2. The van der Waals surface area contributed by atoms with Crippen molar-refractivity contribution < 1.29 is 12.9 Å². The van der Waals surface area contributed by atoms with Gasteiger partial charge in [0.05, 0.1) is 6.20 Å². The van der Waals surface area contributed by atoms with Crippen molar-refractivity contribution in [2.45, 2.75) is 17.2 Å². The number of benzene rings is 2. The summed E-state index contributed by atoms with van der Waals surface area (Å²) < 4.78 is 33.9. The first-order valence-corrected chi connectivity index (χ1v) is 11.5. The van der Waals surface area contributed by atoms with Crippen LogP contribution in [-0.2, 0) is 23.0 Å². The number of nitrogens with zero attached hydrogens (tertiary/aromatic N) is 2. The summed E-state index contributed by atoms with van der Waals surface area (Å²) in [6.45, 7) is 0.725. The third kappa shape index (κ3) is 4.64. The number of sulfonamides is 1. The molecule has 29 heavy (non-hydrogen) atoms. The maximum absolute atomic E-state index is 13.4. The molecule has 0 radical (unpaired) electrons. The largest absolute Gasteiger partial charge is 0.356 e. The van der Waals surface area contributed by atoms with E-state index in [1.165, 1.54) is 11.3 Å². The van der Waals surface area contributed by atoms with Gasteiger partial charge >= 0.3 is 0 Å². The second-order valence-electron chi connectivity index (χ2n) is 6.59. The molecule has 0 saturated heterocycles. The zero-order chi connectivity index (χ0) is 20.1. The van der Waals surface area contributed by atoms with Crippen LogP contribution in [0.2, 0.25) is 0 Å². The number of hydrogen-bond donors (Lipinski definition) is 0. The number of thiophene rings is 1. The van der Waals surface area contributed by atoms with Crippen LogP contribution in [0.3, 0.4) is 0 Å². The van der Waals surface area contributed by atoms with Crippen LogP contribution in [-0.4, -0.2) is 24.4 Å². The first-order valence-electron chi connectivity index (χ1n) is 9.20. The van der Waals surface area contributed by atoms with Crippen LogP contribution in [0.5, 0.6) is 0 Å². The van der Waals surface area contributed by atoms with Gasteiger partial charge in [-0.3, -0.25) is 0 Å². The minimum absolute atomic E-state index is 0.299. The van der Waals surface area contributed by atoms with E-state index >= 15 is 0 Å². The zero-order valence-corrected chi connectivity index (χ0v) is 17.3. The molecule has 4 rings (SSSR count). The van der Waals surface area contributed by atoms with Gasteiger partial charge in [0.2, 0.25) is 0 Å². The van der Waals surface area contributed by atoms with Crippen molar-refractivity contribution in [2.24, 2.45) is 0 Å². The highest BCUT2D eigenvalue weighted by Gasteiger charge is 2.27. The minimum Gasteiger partial charge on any atom is -0.356 e. The Bertz CT molecular complexity index is 1140. The van der Waals surface area contributed by atoms with Crippen LogP contribution in [0.4, 0.5) is 0 Å².